The summed E-state index contributed by atoms with van der Waals surface area (Å²) in [5, 5.41) is 8.03. The second-order valence-electron chi connectivity index (χ2n) is 4.19. The van der Waals surface area contributed by atoms with Crippen LogP contribution in [0.25, 0.3) is 0 Å². The van der Waals surface area contributed by atoms with Crippen molar-refractivity contribution < 1.29 is 4.74 Å². The summed E-state index contributed by atoms with van der Waals surface area (Å²) < 4.78 is 5.62. The molecule has 0 aromatic heterocycles. The average molecular weight is 311 g/mol. The van der Waals surface area contributed by atoms with Crippen LogP contribution in [0.4, 0.5) is 0 Å². The van der Waals surface area contributed by atoms with Crippen molar-refractivity contribution in [2.24, 2.45) is 5.73 Å². The highest BCUT2D eigenvalue weighted by Gasteiger charge is 2.00. The summed E-state index contributed by atoms with van der Waals surface area (Å²) in [4.78, 5) is 0. The van der Waals surface area contributed by atoms with Gasteiger partial charge in [-0.3, -0.25) is 5.41 Å². The van der Waals surface area contributed by atoms with E-state index < -0.39 is 0 Å². The molecule has 0 aliphatic carbocycles. The number of hydrogen-bond acceptors (Lipinski definition) is 2. The molecule has 2 rings (SSSR count). The number of hydrogen-bond donors (Lipinski definition) is 2. The van der Waals surface area contributed by atoms with Gasteiger partial charge in [0.25, 0.3) is 0 Å². The highest BCUT2D eigenvalue weighted by atomic mass is 35.5. The number of rotatable bonds is 5. The van der Waals surface area contributed by atoms with Crippen LogP contribution >= 0.6 is 24.0 Å². The maximum atomic E-state index is 7.31. The van der Waals surface area contributed by atoms with Crippen molar-refractivity contribution >= 4 is 29.8 Å². The van der Waals surface area contributed by atoms with E-state index in [9.17, 15) is 0 Å². The third-order valence-electron chi connectivity index (χ3n) is 2.75. The zero-order chi connectivity index (χ0) is 13.7. The maximum Gasteiger partial charge on any atom is 0.122 e. The standard InChI is InChI=1S/C15H15ClN2O.ClH/c16-14-4-2-1-3-13(14)10-19-9-11-5-7-12(8-6-11)15(17)18;/h1-8H,9-10H2,(H3,17,18);1H. The van der Waals surface area contributed by atoms with E-state index in [-0.39, 0.29) is 18.2 Å². The average Bonchev–Trinajstić information content (AvgIpc) is 2.41. The summed E-state index contributed by atoms with van der Waals surface area (Å²) in [6.07, 6.45) is 0. The molecule has 0 saturated carbocycles. The topological polar surface area (TPSA) is 59.1 Å². The molecule has 106 valence electrons. The van der Waals surface area contributed by atoms with Crippen molar-refractivity contribution in [1.29, 1.82) is 5.41 Å². The van der Waals surface area contributed by atoms with Crippen molar-refractivity contribution in [3.05, 3.63) is 70.2 Å². The number of ether oxygens (including phenoxy) is 1. The largest absolute Gasteiger partial charge is 0.384 e. The minimum absolute atomic E-state index is 0. The molecule has 0 saturated heterocycles. The second-order valence-corrected chi connectivity index (χ2v) is 4.60. The Kier molecular flexibility index (Phi) is 6.52. The van der Waals surface area contributed by atoms with Crippen LogP contribution in [0.1, 0.15) is 16.7 Å². The van der Waals surface area contributed by atoms with Gasteiger partial charge in [0.1, 0.15) is 5.84 Å². The lowest BCUT2D eigenvalue weighted by atomic mass is 10.1. The molecule has 0 radical (unpaired) electrons. The second kappa shape index (κ2) is 7.90. The van der Waals surface area contributed by atoms with E-state index in [1.807, 2.05) is 48.5 Å². The first kappa shape index (κ1) is 16.5. The van der Waals surface area contributed by atoms with Gasteiger partial charge in [0.05, 0.1) is 13.2 Å². The number of benzene rings is 2. The predicted octanol–water partition coefficient (Wildman–Crippen LogP) is 3.76. The van der Waals surface area contributed by atoms with Crippen molar-refractivity contribution in [3.8, 4) is 0 Å². The molecule has 0 unspecified atom stereocenters. The molecule has 0 heterocycles. The maximum absolute atomic E-state index is 7.31. The van der Waals surface area contributed by atoms with Crippen molar-refractivity contribution in [2.45, 2.75) is 13.2 Å². The summed E-state index contributed by atoms with van der Waals surface area (Å²) in [5.74, 6) is 0.0727. The minimum Gasteiger partial charge on any atom is -0.384 e. The van der Waals surface area contributed by atoms with E-state index in [2.05, 4.69) is 0 Å². The molecular formula is C15H16Cl2N2O. The Morgan fingerprint density at radius 3 is 2.30 bits per heavy atom. The minimum atomic E-state index is 0. The molecule has 2 aromatic carbocycles. The molecule has 0 atom stereocenters. The Balaban J connectivity index is 0.00000200. The van der Waals surface area contributed by atoms with Crippen LogP contribution in [0, 0.1) is 5.41 Å². The summed E-state index contributed by atoms with van der Waals surface area (Å²) in [6, 6.07) is 15.1. The Morgan fingerprint density at radius 2 is 1.70 bits per heavy atom. The third kappa shape index (κ3) is 4.53. The van der Waals surface area contributed by atoms with E-state index in [1.165, 1.54) is 0 Å². The Hall–Kier alpha value is -1.55. The predicted molar refractivity (Wildman–Crippen MR) is 84.7 cm³/mol. The number of nitrogens with one attached hydrogen (secondary N) is 1. The first-order valence-corrected chi connectivity index (χ1v) is 6.29. The van der Waals surface area contributed by atoms with Crippen molar-refractivity contribution in [1.82, 2.24) is 0 Å². The Labute approximate surface area is 129 Å². The highest BCUT2D eigenvalue weighted by molar-refractivity contribution is 6.31. The number of nitrogen functional groups attached to an aromatic ring is 1. The first-order valence-electron chi connectivity index (χ1n) is 5.91. The Bertz CT molecular complexity index is 570. The molecule has 20 heavy (non-hydrogen) atoms. The summed E-state index contributed by atoms with van der Waals surface area (Å²) in [7, 11) is 0. The van der Waals surface area contributed by atoms with Gasteiger partial charge in [-0.25, -0.2) is 0 Å². The van der Waals surface area contributed by atoms with Gasteiger partial charge in [-0.2, -0.15) is 0 Å². The molecule has 0 fully saturated rings. The SMILES string of the molecule is Cl.N=C(N)c1ccc(COCc2ccccc2Cl)cc1. The highest BCUT2D eigenvalue weighted by Crippen LogP contribution is 2.16. The molecule has 0 bridgehead atoms. The molecule has 3 nitrogen and oxygen atoms in total. The lowest BCUT2D eigenvalue weighted by Crippen LogP contribution is -2.10. The summed E-state index contributed by atoms with van der Waals surface area (Å²) >= 11 is 6.04. The molecule has 2 aromatic rings. The van der Waals surface area contributed by atoms with Gasteiger partial charge in [0.2, 0.25) is 0 Å². The zero-order valence-corrected chi connectivity index (χ0v) is 12.4. The summed E-state index contributed by atoms with van der Waals surface area (Å²) in [5.41, 5.74) is 8.13. The zero-order valence-electron chi connectivity index (χ0n) is 10.8. The van der Waals surface area contributed by atoms with Gasteiger partial charge < -0.3 is 10.5 Å². The third-order valence-corrected chi connectivity index (χ3v) is 3.12. The fourth-order valence-electron chi connectivity index (χ4n) is 1.67. The van der Waals surface area contributed by atoms with Gasteiger partial charge in [-0.05, 0) is 17.2 Å². The summed E-state index contributed by atoms with van der Waals surface area (Å²) in [6.45, 7) is 0.984. The number of amidine groups is 1. The fraction of sp³-hybridized carbons (Fsp3) is 0.133. The van der Waals surface area contributed by atoms with E-state index in [1.54, 1.807) is 0 Å². The van der Waals surface area contributed by atoms with Gasteiger partial charge >= 0.3 is 0 Å². The van der Waals surface area contributed by atoms with Gasteiger partial charge in [-0.15, -0.1) is 12.4 Å². The lowest BCUT2D eigenvalue weighted by Gasteiger charge is -2.07. The van der Waals surface area contributed by atoms with Crippen LogP contribution in [0.5, 0.6) is 0 Å². The fourth-order valence-corrected chi connectivity index (χ4v) is 1.87. The van der Waals surface area contributed by atoms with E-state index in [0.29, 0.717) is 13.2 Å². The Morgan fingerprint density at radius 1 is 1.05 bits per heavy atom. The normalized spacial score (nSPS) is 9.85. The molecular weight excluding hydrogens is 295 g/mol. The number of halogens is 2. The van der Waals surface area contributed by atoms with Gasteiger partial charge in [-0.1, -0.05) is 54.1 Å². The van der Waals surface area contributed by atoms with Crippen LogP contribution in [-0.2, 0) is 18.0 Å². The lowest BCUT2D eigenvalue weighted by molar-refractivity contribution is 0.107. The van der Waals surface area contributed by atoms with E-state index >= 15 is 0 Å². The van der Waals surface area contributed by atoms with Crippen LogP contribution in [0.2, 0.25) is 5.02 Å². The molecule has 5 heteroatoms. The molecule has 0 amide bonds. The van der Waals surface area contributed by atoms with Crippen molar-refractivity contribution in [2.75, 3.05) is 0 Å². The van der Waals surface area contributed by atoms with Crippen LogP contribution in [0.15, 0.2) is 48.5 Å². The molecule has 0 aliphatic rings. The van der Waals surface area contributed by atoms with Crippen LogP contribution in [0.3, 0.4) is 0 Å². The smallest absolute Gasteiger partial charge is 0.122 e. The van der Waals surface area contributed by atoms with E-state index in [0.717, 1.165) is 21.7 Å². The van der Waals surface area contributed by atoms with Crippen molar-refractivity contribution in [3.63, 3.8) is 0 Å². The quantitative estimate of drug-likeness (QED) is 0.652. The molecule has 3 N–H and O–H groups in total. The molecule has 0 spiro atoms. The monoisotopic (exact) mass is 310 g/mol. The first-order chi connectivity index (χ1) is 9.16. The number of nitrogens with two attached hydrogens (primary N) is 1. The van der Waals surface area contributed by atoms with E-state index in [4.69, 9.17) is 27.5 Å². The van der Waals surface area contributed by atoms with Crippen LogP contribution in [-0.4, -0.2) is 5.84 Å². The van der Waals surface area contributed by atoms with Crippen LogP contribution < -0.4 is 5.73 Å². The molecule has 0 aliphatic heterocycles. The van der Waals surface area contributed by atoms with Gasteiger partial charge in [0.15, 0.2) is 0 Å². The van der Waals surface area contributed by atoms with Gasteiger partial charge in [0, 0.05) is 10.6 Å².